The Bertz CT molecular complexity index is 805. The first kappa shape index (κ1) is 16.5. The number of rotatable bonds is 5. The molecule has 0 fully saturated rings. The maximum atomic E-state index is 12.1. The van der Waals surface area contributed by atoms with E-state index in [1.165, 1.54) is 41.4 Å². The molecule has 3 rings (SSSR count). The number of carbonyl (C=O) groups excluding carboxylic acids is 1. The number of anilines is 1. The van der Waals surface area contributed by atoms with Gasteiger partial charge < -0.3 is 5.32 Å². The zero-order chi connectivity index (χ0) is 17.1. The molecular formula is C18H18N2O3S. The number of benzene rings is 2. The summed E-state index contributed by atoms with van der Waals surface area (Å²) in [5.41, 5.74) is 4.13. The van der Waals surface area contributed by atoms with E-state index in [2.05, 4.69) is 23.5 Å². The average molecular weight is 342 g/mol. The summed E-state index contributed by atoms with van der Waals surface area (Å²) in [6.07, 6.45) is 3.49. The number of hydrogen-bond donors (Lipinski definition) is 1. The van der Waals surface area contributed by atoms with Gasteiger partial charge in [0.15, 0.2) is 0 Å². The highest BCUT2D eigenvalue weighted by atomic mass is 32.2. The topological polar surface area (TPSA) is 72.2 Å². The van der Waals surface area contributed by atoms with E-state index >= 15 is 0 Å². The van der Waals surface area contributed by atoms with Crippen LogP contribution in [0.2, 0.25) is 0 Å². The number of nitrogens with zero attached hydrogens (tertiary/aromatic N) is 1. The van der Waals surface area contributed by atoms with Crippen LogP contribution in [0.25, 0.3) is 0 Å². The Labute approximate surface area is 144 Å². The Morgan fingerprint density at radius 2 is 2.00 bits per heavy atom. The number of nitrogens with one attached hydrogen (secondary N) is 1. The number of carbonyl (C=O) groups is 1. The number of amides is 1. The number of nitro groups is 1. The lowest BCUT2D eigenvalue weighted by atomic mass is 10.1. The molecule has 0 heterocycles. The van der Waals surface area contributed by atoms with Crippen molar-refractivity contribution in [2.75, 3.05) is 11.1 Å². The van der Waals surface area contributed by atoms with Crippen LogP contribution in [0.5, 0.6) is 0 Å². The van der Waals surface area contributed by atoms with Crippen molar-refractivity contribution >= 4 is 29.0 Å². The molecule has 1 N–H and O–H groups in total. The van der Waals surface area contributed by atoms with Crippen molar-refractivity contribution in [1.29, 1.82) is 0 Å². The molecule has 0 unspecified atom stereocenters. The Hall–Kier alpha value is -2.34. The third-order valence-corrected chi connectivity index (χ3v) is 5.13. The van der Waals surface area contributed by atoms with Gasteiger partial charge in [0.05, 0.1) is 10.7 Å². The quantitative estimate of drug-likeness (QED) is 0.504. The number of non-ortho nitro benzene ring substituents is 1. The van der Waals surface area contributed by atoms with Gasteiger partial charge >= 0.3 is 0 Å². The molecule has 6 heteroatoms. The molecule has 2 aromatic carbocycles. The van der Waals surface area contributed by atoms with Gasteiger partial charge in [-0.2, -0.15) is 0 Å². The van der Waals surface area contributed by atoms with Gasteiger partial charge in [-0.15, -0.1) is 11.8 Å². The Balaban J connectivity index is 1.59. The van der Waals surface area contributed by atoms with Gasteiger partial charge in [-0.3, -0.25) is 14.9 Å². The fourth-order valence-electron chi connectivity index (χ4n) is 2.87. The first-order valence-electron chi connectivity index (χ1n) is 7.82. The largest absolute Gasteiger partial charge is 0.325 e. The van der Waals surface area contributed by atoms with Gasteiger partial charge in [-0.1, -0.05) is 6.07 Å². The molecule has 1 aliphatic carbocycles. The van der Waals surface area contributed by atoms with Crippen LogP contribution in [0.4, 0.5) is 11.4 Å². The number of nitro benzene ring substituents is 1. The van der Waals surface area contributed by atoms with E-state index in [0.29, 0.717) is 17.0 Å². The molecule has 0 aliphatic heterocycles. The second kappa shape index (κ2) is 7.05. The SMILES string of the molecule is Cc1cc([N+](=O)[O-])ccc1NC(=O)CSc1ccc2c(c1)CCC2. The lowest BCUT2D eigenvalue weighted by molar-refractivity contribution is -0.384. The maximum Gasteiger partial charge on any atom is 0.269 e. The van der Waals surface area contributed by atoms with E-state index in [4.69, 9.17) is 0 Å². The van der Waals surface area contributed by atoms with E-state index in [1.54, 1.807) is 13.0 Å². The highest BCUT2D eigenvalue weighted by Crippen LogP contribution is 2.28. The fourth-order valence-corrected chi connectivity index (χ4v) is 3.63. The van der Waals surface area contributed by atoms with E-state index in [9.17, 15) is 14.9 Å². The molecule has 5 nitrogen and oxygen atoms in total. The summed E-state index contributed by atoms with van der Waals surface area (Å²) < 4.78 is 0. The van der Waals surface area contributed by atoms with Crippen LogP contribution >= 0.6 is 11.8 Å². The molecule has 0 saturated carbocycles. The van der Waals surface area contributed by atoms with Crippen molar-refractivity contribution in [2.45, 2.75) is 31.1 Å². The van der Waals surface area contributed by atoms with Crippen LogP contribution in [-0.4, -0.2) is 16.6 Å². The first-order valence-corrected chi connectivity index (χ1v) is 8.81. The van der Waals surface area contributed by atoms with Gasteiger partial charge in [-0.05, 0) is 61.1 Å². The zero-order valence-electron chi connectivity index (χ0n) is 13.4. The highest BCUT2D eigenvalue weighted by molar-refractivity contribution is 8.00. The monoisotopic (exact) mass is 342 g/mol. The summed E-state index contributed by atoms with van der Waals surface area (Å²) in [4.78, 5) is 23.5. The molecule has 0 saturated heterocycles. The lowest BCUT2D eigenvalue weighted by Gasteiger charge is -2.09. The number of hydrogen-bond acceptors (Lipinski definition) is 4. The van der Waals surface area contributed by atoms with Crippen LogP contribution in [-0.2, 0) is 17.6 Å². The van der Waals surface area contributed by atoms with Crippen molar-refractivity contribution in [1.82, 2.24) is 0 Å². The molecular weight excluding hydrogens is 324 g/mol. The molecule has 24 heavy (non-hydrogen) atoms. The molecule has 0 bridgehead atoms. The highest BCUT2D eigenvalue weighted by Gasteiger charge is 2.13. The third-order valence-electron chi connectivity index (χ3n) is 4.13. The average Bonchev–Trinajstić information content (AvgIpc) is 3.02. The molecule has 0 aromatic heterocycles. The van der Waals surface area contributed by atoms with Crippen LogP contribution < -0.4 is 5.32 Å². The van der Waals surface area contributed by atoms with Gasteiger partial charge in [0.1, 0.15) is 0 Å². The van der Waals surface area contributed by atoms with Crippen LogP contribution in [0.1, 0.15) is 23.1 Å². The Morgan fingerprint density at radius 3 is 2.75 bits per heavy atom. The lowest BCUT2D eigenvalue weighted by Crippen LogP contribution is -2.14. The standard InChI is InChI=1S/C18H18N2O3S/c1-12-9-15(20(22)23)6-8-17(12)19-18(21)11-24-16-7-5-13-3-2-4-14(13)10-16/h5-10H,2-4,11H2,1H3,(H,19,21). The molecule has 0 atom stereocenters. The summed E-state index contributed by atoms with van der Waals surface area (Å²) in [5, 5.41) is 13.6. The number of aryl methyl sites for hydroxylation is 3. The second-order valence-corrected chi connectivity index (χ2v) is 6.93. The summed E-state index contributed by atoms with van der Waals surface area (Å²) >= 11 is 1.51. The molecule has 0 spiro atoms. The van der Waals surface area contributed by atoms with E-state index < -0.39 is 4.92 Å². The maximum absolute atomic E-state index is 12.1. The van der Waals surface area contributed by atoms with Crippen molar-refractivity contribution in [3.63, 3.8) is 0 Å². The van der Waals surface area contributed by atoms with Gasteiger partial charge in [0.2, 0.25) is 5.91 Å². The predicted molar refractivity (Wildman–Crippen MR) is 95.7 cm³/mol. The molecule has 1 aliphatic rings. The van der Waals surface area contributed by atoms with E-state index in [0.717, 1.165) is 17.7 Å². The van der Waals surface area contributed by atoms with Gasteiger partial charge in [0.25, 0.3) is 5.69 Å². The Morgan fingerprint density at radius 1 is 1.21 bits per heavy atom. The molecule has 2 aromatic rings. The first-order chi connectivity index (χ1) is 11.5. The number of fused-ring (bicyclic) bond motifs is 1. The van der Waals surface area contributed by atoms with Gasteiger partial charge in [0, 0.05) is 22.7 Å². The van der Waals surface area contributed by atoms with E-state index in [-0.39, 0.29) is 11.6 Å². The predicted octanol–water partition coefficient (Wildman–Crippen LogP) is 4.12. The summed E-state index contributed by atoms with van der Waals surface area (Å²) in [6.45, 7) is 1.75. The zero-order valence-corrected chi connectivity index (χ0v) is 14.2. The second-order valence-electron chi connectivity index (χ2n) is 5.88. The molecule has 1 amide bonds. The van der Waals surface area contributed by atoms with Crippen LogP contribution in [0, 0.1) is 17.0 Å². The summed E-state index contributed by atoms with van der Waals surface area (Å²) in [7, 11) is 0. The minimum atomic E-state index is -0.442. The van der Waals surface area contributed by atoms with Crippen molar-refractivity contribution in [3.05, 3.63) is 63.2 Å². The normalized spacial score (nSPS) is 12.7. The smallest absolute Gasteiger partial charge is 0.269 e. The third kappa shape index (κ3) is 3.76. The fraction of sp³-hybridized carbons (Fsp3) is 0.278. The Kier molecular flexibility index (Phi) is 4.85. The summed E-state index contributed by atoms with van der Waals surface area (Å²) in [5.74, 6) is 0.201. The minimum Gasteiger partial charge on any atom is -0.325 e. The van der Waals surface area contributed by atoms with E-state index in [1.807, 2.05) is 0 Å². The van der Waals surface area contributed by atoms with Crippen LogP contribution in [0.15, 0.2) is 41.3 Å². The minimum absolute atomic E-state index is 0.0259. The van der Waals surface area contributed by atoms with Crippen molar-refractivity contribution in [3.8, 4) is 0 Å². The van der Waals surface area contributed by atoms with Crippen LogP contribution in [0.3, 0.4) is 0 Å². The van der Waals surface area contributed by atoms with Gasteiger partial charge in [-0.25, -0.2) is 0 Å². The summed E-state index contributed by atoms with van der Waals surface area (Å²) in [6, 6.07) is 10.8. The molecule has 0 radical (unpaired) electrons. The molecule has 124 valence electrons. The number of thioether (sulfide) groups is 1. The van der Waals surface area contributed by atoms with Crippen molar-refractivity contribution < 1.29 is 9.72 Å². The van der Waals surface area contributed by atoms with Crippen molar-refractivity contribution in [2.24, 2.45) is 0 Å².